The monoisotopic (exact) mass is 382 g/mol. The summed E-state index contributed by atoms with van der Waals surface area (Å²) < 4.78 is 6.95. The van der Waals surface area contributed by atoms with Crippen LogP contribution in [0.2, 0.25) is 0 Å². The van der Waals surface area contributed by atoms with Crippen molar-refractivity contribution >= 4 is 23.6 Å². The lowest BCUT2D eigenvalue weighted by Gasteiger charge is -2.08. The normalized spacial score (nSPS) is 10.4. The van der Waals surface area contributed by atoms with E-state index in [9.17, 15) is 9.59 Å². The number of hydrogen-bond acceptors (Lipinski definition) is 6. The third-order valence-electron chi connectivity index (χ3n) is 3.80. The van der Waals surface area contributed by atoms with Crippen LogP contribution in [0.25, 0.3) is 11.4 Å². The molecule has 0 saturated heterocycles. The maximum atomic E-state index is 12.2. The van der Waals surface area contributed by atoms with Gasteiger partial charge in [0, 0.05) is 12.6 Å². The average molecular weight is 382 g/mol. The lowest BCUT2D eigenvalue weighted by atomic mass is 10.2. The van der Waals surface area contributed by atoms with Crippen molar-refractivity contribution in [2.75, 3.05) is 12.9 Å². The van der Waals surface area contributed by atoms with Crippen LogP contribution in [0.5, 0.6) is 5.75 Å². The molecule has 2 amide bonds. The second kappa shape index (κ2) is 8.50. The van der Waals surface area contributed by atoms with Crippen LogP contribution in [0.15, 0.2) is 59.8 Å². The second-order valence-corrected chi connectivity index (χ2v) is 6.54. The number of hydrogen-bond donors (Lipinski definition) is 1. The Morgan fingerprint density at radius 3 is 2.52 bits per heavy atom. The second-order valence-electron chi connectivity index (χ2n) is 5.60. The van der Waals surface area contributed by atoms with Crippen molar-refractivity contribution in [1.82, 2.24) is 20.1 Å². The molecule has 0 aliphatic heterocycles. The van der Waals surface area contributed by atoms with Gasteiger partial charge in [0.1, 0.15) is 5.75 Å². The predicted molar refractivity (Wildman–Crippen MR) is 103 cm³/mol. The smallest absolute Gasteiger partial charge is 0.261 e. The summed E-state index contributed by atoms with van der Waals surface area (Å²) in [7, 11) is 3.31. The Morgan fingerprint density at radius 1 is 1.07 bits per heavy atom. The number of aromatic nitrogens is 3. The van der Waals surface area contributed by atoms with E-state index in [2.05, 4.69) is 15.5 Å². The van der Waals surface area contributed by atoms with Crippen LogP contribution in [-0.4, -0.2) is 39.4 Å². The van der Waals surface area contributed by atoms with Crippen molar-refractivity contribution in [1.29, 1.82) is 0 Å². The average Bonchev–Trinajstić information content (AvgIpc) is 3.07. The largest absolute Gasteiger partial charge is 0.496 e. The highest BCUT2D eigenvalue weighted by Gasteiger charge is 2.16. The van der Waals surface area contributed by atoms with Crippen molar-refractivity contribution in [3.63, 3.8) is 0 Å². The van der Waals surface area contributed by atoms with Gasteiger partial charge in [0.05, 0.1) is 18.4 Å². The molecule has 3 rings (SSSR count). The number of amides is 2. The van der Waals surface area contributed by atoms with E-state index in [-0.39, 0.29) is 5.75 Å². The van der Waals surface area contributed by atoms with Gasteiger partial charge in [-0.25, -0.2) is 0 Å². The molecule has 0 fully saturated rings. The van der Waals surface area contributed by atoms with Crippen LogP contribution < -0.4 is 10.1 Å². The molecule has 0 aliphatic rings. The van der Waals surface area contributed by atoms with Gasteiger partial charge in [-0.2, -0.15) is 0 Å². The van der Waals surface area contributed by atoms with Gasteiger partial charge in [0.15, 0.2) is 11.0 Å². The first-order valence-electron chi connectivity index (χ1n) is 8.15. The van der Waals surface area contributed by atoms with E-state index < -0.39 is 11.8 Å². The van der Waals surface area contributed by atoms with E-state index in [0.29, 0.717) is 22.3 Å². The van der Waals surface area contributed by atoms with Gasteiger partial charge >= 0.3 is 0 Å². The standard InChI is InChI=1S/C19H18N4O3S/c1-23-17(13-8-4-3-5-9-13)21-22-19(23)27-12-16(24)20-18(25)14-10-6-7-11-15(14)26-2/h3-11H,12H2,1-2H3,(H,20,24,25). The number of carbonyl (C=O) groups excluding carboxylic acids is 2. The highest BCUT2D eigenvalue weighted by molar-refractivity contribution is 7.99. The fraction of sp³-hybridized carbons (Fsp3) is 0.158. The fourth-order valence-corrected chi connectivity index (χ4v) is 3.18. The molecule has 0 atom stereocenters. The topological polar surface area (TPSA) is 86.1 Å². The van der Waals surface area contributed by atoms with Gasteiger partial charge in [0.2, 0.25) is 5.91 Å². The van der Waals surface area contributed by atoms with E-state index in [0.717, 1.165) is 5.56 Å². The summed E-state index contributed by atoms with van der Waals surface area (Å²) >= 11 is 1.21. The van der Waals surface area contributed by atoms with Crippen LogP contribution in [-0.2, 0) is 11.8 Å². The molecule has 0 radical (unpaired) electrons. The number of rotatable bonds is 6. The van der Waals surface area contributed by atoms with Gasteiger partial charge in [0.25, 0.3) is 5.91 Å². The zero-order valence-electron chi connectivity index (χ0n) is 14.9. The zero-order valence-corrected chi connectivity index (χ0v) is 15.7. The molecule has 7 nitrogen and oxygen atoms in total. The van der Waals surface area contributed by atoms with Crippen molar-refractivity contribution in [2.45, 2.75) is 5.16 Å². The zero-order chi connectivity index (χ0) is 19.2. The van der Waals surface area contributed by atoms with E-state index >= 15 is 0 Å². The van der Waals surface area contributed by atoms with Crippen molar-refractivity contribution in [2.24, 2.45) is 7.05 Å². The number of benzene rings is 2. The van der Waals surface area contributed by atoms with E-state index in [1.54, 1.807) is 24.3 Å². The van der Waals surface area contributed by atoms with Gasteiger partial charge in [-0.3, -0.25) is 14.9 Å². The van der Waals surface area contributed by atoms with Crippen molar-refractivity contribution < 1.29 is 14.3 Å². The minimum absolute atomic E-state index is 0.0433. The Hall–Kier alpha value is -3.13. The lowest BCUT2D eigenvalue weighted by Crippen LogP contribution is -2.32. The summed E-state index contributed by atoms with van der Waals surface area (Å²) in [6.45, 7) is 0. The molecule has 2 aromatic carbocycles. The lowest BCUT2D eigenvalue weighted by molar-refractivity contribution is -0.117. The number of imide groups is 1. The number of para-hydroxylation sites is 1. The number of thioether (sulfide) groups is 1. The first-order chi connectivity index (χ1) is 13.1. The Labute approximate surface area is 160 Å². The predicted octanol–water partition coefficient (Wildman–Crippen LogP) is 2.54. The number of methoxy groups -OCH3 is 1. The molecule has 1 N–H and O–H groups in total. The fourth-order valence-electron chi connectivity index (χ4n) is 2.47. The molecule has 0 bridgehead atoms. The Balaban J connectivity index is 1.61. The number of nitrogens with one attached hydrogen (secondary N) is 1. The number of carbonyl (C=O) groups is 2. The summed E-state index contributed by atoms with van der Waals surface area (Å²) in [6.07, 6.45) is 0. The summed E-state index contributed by atoms with van der Waals surface area (Å²) in [5, 5.41) is 11.2. The van der Waals surface area contributed by atoms with Gasteiger partial charge < -0.3 is 9.30 Å². The van der Waals surface area contributed by atoms with Gasteiger partial charge in [-0.15, -0.1) is 10.2 Å². The first kappa shape index (κ1) is 18.7. The van der Waals surface area contributed by atoms with E-state index in [1.165, 1.54) is 18.9 Å². The maximum Gasteiger partial charge on any atom is 0.261 e. The molecular weight excluding hydrogens is 364 g/mol. The molecule has 0 saturated carbocycles. The highest BCUT2D eigenvalue weighted by atomic mass is 32.2. The molecule has 0 aliphatic carbocycles. The summed E-state index contributed by atoms with van der Waals surface area (Å²) in [6, 6.07) is 16.4. The van der Waals surface area contributed by atoms with Crippen molar-refractivity contribution in [3.05, 3.63) is 60.2 Å². The summed E-state index contributed by atoms with van der Waals surface area (Å²) in [5.74, 6) is 0.253. The van der Waals surface area contributed by atoms with Gasteiger partial charge in [-0.05, 0) is 12.1 Å². The van der Waals surface area contributed by atoms with Crippen LogP contribution in [0.1, 0.15) is 10.4 Å². The SMILES string of the molecule is COc1ccccc1C(=O)NC(=O)CSc1nnc(-c2ccccc2)n1C. The first-order valence-corrected chi connectivity index (χ1v) is 9.13. The van der Waals surface area contributed by atoms with E-state index in [1.807, 2.05) is 41.9 Å². The van der Waals surface area contributed by atoms with Crippen LogP contribution in [0.3, 0.4) is 0 Å². The quantitative estimate of drug-likeness (QED) is 0.660. The molecule has 1 aromatic heterocycles. The third kappa shape index (κ3) is 4.35. The molecule has 3 aromatic rings. The van der Waals surface area contributed by atoms with Crippen LogP contribution >= 0.6 is 11.8 Å². The minimum Gasteiger partial charge on any atom is -0.496 e. The van der Waals surface area contributed by atoms with Crippen molar-refractivity contribution in [3.8, 4) is 17.1 Å². The number of ether oxygens (including phenoxy) is 1. The molecule has 27 heavy (non-hydrogen) atoms. The Bertz CT molecular complexity index is 957. The van der Waals surface area contributed by atoms with E-state index in [4.69, 9.17) is 4.74 Å². The Kier molecular flexibility index (Phi) is 5.87. The van der Waals surface area contributed by atoms with Crippen LogP contribution in [0, 0.1) is 0 Å². The molecule has 1 heterocycles. The minimum atomic E-state index is -0.499. The molecule has 0 unspecified atom stereocenters. The third-order valence-corrected chi connectivity index (χ3v) is 4.82. The Morgan fingerprint density at radius 2 is 1.78 bits per heavy atom. The molecule has 0 spiro atoms. The highest BCUT2D eigenvalue weighted by Crippen LogP contribution is 2.22. The summed E-state index contributed by atoms with van der Waals surface area (Å²) in [5.41, 5.74) is 1.25. The molecule has 8 heteroatoms. The summed E-state index contributed by atoms with van der Waals surface area (Å²) in [4.78, 5) is 24.4. The van der Waals surface area contributed by atoms with Crippen LogP contribution in [0.4, 0.5) is 0 Å². The molecular formula is C19H18N4O3S. The maximum absolute atomic E-state index is 12.2. The molecule has 138 valence electrons. The number of nitrogens with zero attached hydrogens (tertiary/aromatic N) is 3. The van der Waals surface area contributed by atoms with Gasteiger partial charge in [-0.1, -0.05) is 54.2 Å².